The number of nitrogens with two attached hydrogens (primary N) is 1. The third-order valence-corrected chi connectivity index (χ3v) is 4.75. The van der Waals surface area contributed by atoms with Crippen molar-refractivity contribution in [2.45, 2.75) is 12.8 Å². The Bertz CT molecular complexity index is 1170. The van der Waals surface area contributed by atoms with Crippen LogP contribution in [0, 0.1) is 17.0 Å². The van der Waals surface area contributed by atoms with Gasteiger partial charge in [-0.05, 0) is 43.2 Å². The molecule has 1 aliphatic carbocycles. The molecule has 158 valence electrons. The Morgan fingerprint density at radius 2 is 1.71 bits per heavy atom. The van der Waals surface area contributed by atoms with Crippen molar-refractivity contribution in [3.63, 3.8) is 0 Å². The third-order valence-electron chi connectivity index (χ3n) is 4.75. The molecule has 4 N–H and O–H groups in total. The lowest BCUT2D eigenvalue weighted by Gasteiger charge is -2.16. The summed E-state index contributed by atoms with van der Waals surface area (Å²) in [7, 11) is 0. The highest BCUT2D eigenvalue weighted by Crippen LogP contribution is 2.47. The van der Waals surface area contributed by atoms with E-state index < -0.39 is 28.9 Å². The SMILES string of the molecule is Nc1nccc(Oc2ccc(NC(=O)C3(C(=O)Nc4cccc(F)c4)CC3)cc2F)n1. The van der Waals surface area contributed by atoms with E-state index in [4.69, 9.17) is 10.5 Å². The van der Waals surface area contributed by atoms with E-state index in [-0.39, 0.29) is 29.0 Å². The van der Waals surface area contributed by atoms with Crippen LogP contribution in [0.25, 0.3) is 0 Å². The van der Waals surface area contributed by atoms with Gasteiger partial charge in [-0.25, -0.2) is 13.8 Å². The summed E-state index contributed by atoms with van der Waals surface area (Å²) in [5, 5.41) is 5.10. The molecule has 31 heavy (non-hydrogen) atoms. The average Bonchev–Trinajstić information content (AvgIpc) is 3.52. The van der Waals surface area contributed by atoms with Crippen molar-refractivity contribution in [3.05, 3.63) is 66.4 Å². The predicted molar refractivity (Wildman–Crippen MR) is 108 cm³/mol. The van der Waals surface area contributed by atoms with Gasteiger partial charge >= 0.3 is 0 Å². The lowest BCUT2D eigenvalue weighted by Crippen LogP contribution is -2.35. The highest BCUT2D eigenvalue weighted by Gasteiger charge is 2.56. The minimum atomic E-state index is -1.28. The number of hydrogen-bond acceptors (Lipinski definition) is 6. The van der Waals surface area contributed by atoms with Crippen molar-refractivity contribution < 1.29 is 23.1 Å². The van der Waals surface area contributed by atoms with Crippen molar-refractivity contribution in [1.82, 2.24) is 9.97 Å². The molecule has 8 nitrogen and oxygen atoms in total. The van der Waals surface area contributed by atoms with E-state index in [1.165, 1.54) is 42.6 Å². The topological polar surface area (TPSA) is 119 Å². The van der Waals surface area contributed by atoms with E-state index in [1.54, 1.807) is 0 Å². The minimum Gasteiger partial charge on any atom is -0.436 e. The molecule has 1 heterocycles. The molecule has 1 fully saturated rings. The molecular weight excluding hydrogens is 408 g/mol. The fourth-order valence-electron chi connectivity index (χ4n) is 2.94. The summed E-state index contributed by atoms with van der Waals surface area (Å²) in [6, 6.07) is 10.6. The summed E-state index contributed by atoms with van der Waals surface area (Å²) < 4.78 is 33.1. The van der Waals surface area contributed by atoms with Gasteiger partial charge in [0.25, 0.3) is 0 Å². The van der Waals surface area contributed by atoms with Gasteiger partial charge in [-0.3, -0.25) is 9.59 Å². The van der Waals surface area contributed by atoms with Gasteiger partial charge in [-0.15, -0.1) is 0 Å². The maximum absolute atomic E-state index is 14.4. The molecule has 0 saturated heterocycles. The van der Waals surface area contributed by atoms with Gasteiger partial charge in [0.1, 0.15) is 11.2 Å². The van der Waals surface area contributed by atoms with E-state index in [1.807, 2.05) is 0 Å². The van der Waals surface area contributed by atoms with Gasteiger partial charge in [-0.2, -0.15) is 4.98 Å². The lowest BCUT2D eigenvalue weighted by molar-refractivity contribution is -0.131. The molecule has 1 aliphatic rings. The number of benzene rings is 2. The fraction of sp³-hybridized carbons (Fsp3) is 0.143. The molecule has 0 bridgehead atoms. The number of ether oxygens (including phenoxy) is 1. The number of aromatic nitrogens is 2. The van der Waals surface area contributed by atoms with E-state index in [0.29, 0.717) is 12.8 Å². The van der Waals surface area contributed by atoms with Crippen molar-refractivity contribution in [1.29, 1.82) is 0 Å². The van der Waals surface area contributed by atoms with Crippen LogP contribution in [0.3, 0.4) is 0 Å². The summed E-state index contributed by atoms with van der Waals surface area (Å²) in [6.07, 6.45) is 2.03. The zero-order valence-corrected chi connectivity index (χ0v) is 16.1. The summed E-state index contributed by atoms with van der Waals surface area (Å²) in [5.41, 5.74) is 4.59. The molecule has 0 radical (unpaired) electrons. The Balaban J connectivity index is 1.43. The fourth-order valence-corrected chi connectivity index (χ4v) is 2.94. The van der Waals surface area contributed by atoms with Crippen LogP contribution in [0.4, 0.5) is 26.1 Å². The largest absolute Gasteiger partial charge is 0.436 e. The second-order valence-electron chi connectivity index (χ2n) is 7.00. The van der Waals surface area contributed by atoms with Crippen molar-refractivity contribution in [2.24, 2.45) is 5.41 Å². The van der Waals surface area contributed by atoms with E-state index in [9.17, 15) is 18.4 Å². The molecule has 4 rings (SSSR count). The first-order chi connectivity index (χ1) is 14.9. The van der Waals surface area contributed by atoms with Crippen LogP contribution in [-0.2, 0) is 9.59 Å². The first-order valence-corrected chi connectivity index (χ1v) is 9.30. The highest BCUT2D eigenvalue weighted by molar-refractivity contribution is 6.16. The van der Waals surface area contributed by atoms with Crippen LogP contribution < -0.4 is 21.1 Å². The number of amides is 2. The van der Waals surface area contributed by atoms with Gasteiger partial charge in [0.05, 0.1) is 0 Å². The Kier molecular flexibility index (Phi) is 5.20. The lowest BCUT2D eigenvalue weighted by atomic mass is 10.0. The Morgan fingerprint density at radius 3 is 2.32 bits per heavy atom. The smallest absolute Gasteiger partial charge is 0.240 e. The molecule has 0 unspecified atom stereocenters. The molecule has 1 aromatic heterocycles. The number of rotatable bonds is 6. The van der Waals surface area contributed by atoms with E-state index >= 15 is 0 Å². The van der Waals surface area contributed by atoms with Crippen LogP contribution in [0.1, 0.15) is 12.8 Å². The van der Waals surface area contributed by atoms with Crippen LogP contribution in [0.15, 0.2) is 54.7 Å². The number of nitrogens with one attached hydrogen (secondary N) is 2. The number of hydrogen-bond donors (Lipinski definition) is 3. The molecular formula is C21H17F2N5O3. The van der Waals surface area contributed by atoms with Gasteiger partial charge < -0.3 is 21.1 Å². The molecule has 0 atom stereocenters. The highest BCUT2D eigenvalue weighted by atomic mass is 19.1. The molecule has 0 aliphatic heterocycles. The first-order valence-electron chi connectivity index (χ1n) is 9.30. The van der Waals surface area contributed by atoms with Gasteiger partial charge in [-0.1, -0.05) is 6.07 Å². The number of nitrogen functional groups attached to an aromatic ring is 1. The van der Waals surface area contributed by atoms with Crippen molar-refractivity contribution >= 4 is 29.1 Å². The zero-order chi connectivity index (χ0) is 22.0. The van der Waals surface area contributed by atoms with Crippen LogP contribution in [-0.4, -0.2) is 21.8 Å². The third kappa shape index (κ3) is 4.42. The minimum absolute atomic E-state index is 0.0203. The average molecular weight is 425 g/mol. The number of anilines is 3. The van der Waals surface area contributed by atoms with Gasteiger partial charge in [0, 0.05) is 29.7 Å². The predicted octanol–water partition coefficient (Wildman–Crippen LogP) is 3.49. The number of carbonyl (C=O) groups excluding carboxylic acids is 2. The number of nitrogens with zero attached hydrogens (tertiary/aromatic N) is 2. The standard InChI is InChI=1S/C21H17F2N5O3/c22-12-2-1-3-13(10-12)26-18(29)21(7-8-21)19(30)27-14-4-5-16(15(23)11-14)31-17-6-9-25-20(24)28-17/h1-6,9-11H,7-8H2,(H,26,29)(H,27,30)(H2,24,25,28). The normalized spacial score (nSPS) is 13.9. The number of halogens is 2. The van der Waals surface area contributed by atoms with Gasteiger partial charge in [0.15, 0.2) is 11.6 Å². The van der Waals surface area contributed by atoms with Crippen LogP contribution in [0.5, 0.6) is 11.6 Å². The van der Waals surface area contributed by atoms with E-state index in [2.05, 4.69) is 20.6 Å². The maximum Gasteiger partial charge on any atom is 0.240 e. The molecule has 3 aromatic rings. The second kappa shape index (κ2) is 7.98. The zero-order valence-electron chi connectivity index (χ0n) is 16.1. The molecule has 2 aromatic carbocycles. The van der Waals surface area contributed by atoms with Gasteiger partial charge in [0.2, 0.25) is 23.6 Å². The first kappa shape index (κ1) is 20.2. The summed E-state index contributed by atoms with van der Waals surface area (Å²) in [6.45, 7) is 0. The molecule has 10 heteroatoms. The van der Waals surface area contributed by atoms with Crippen molar-refractivity contribution in [3.8, 4) is 11.6 Å². The summed E-state index contributed by atoms with van der Waals surface area (Å²) in [5.74, 6) is -2.45. The Hall–Kier alpha value is -4.08. The second-order valence-corrected chi connectivity index (χ2v) is 7.00. The van der Waals surface area contributed by atoms with Crippen LogP contribution >= 0.6 is 0 Å². The van der Waals surface area contributed by atoms with E-state index in [0.717, 1.165) is 12.1 Å². The Morgan fingerprint density at radius 1 is 1.00 bits per heavy atom. The monoisotopic (exact) mass is 425 g/mol. The summed E-state index contributed by atoms with van der Waals surface area (Å²) in [4.78, 5) is 32.8. The maximum atomic E-state index is 14.4. The van der Waals surface area contributed by atoms with Crippen LogP contribution in [0.2, 0.25) is 0 Å². The number of carbonyl (C=O) groups is 2. The molecule has 2 amide bonds. The molecule has 0 spiro atoms. The Labute approximate surface area is 175 Å². The quantitative estimate of drug-likeness (QED) is 0.520. The summed E-state index contributed by atoms with van der Waals surface area (Å²) >= 11 is 0. The molecule has 1 saturated carbocycles. The van der Waals surface area contributed by atoms with Crippen molar-refractivity contribution in [2.75, 3.05) is 16.4 Å².